The fourth-order valence-corrected chi connectivity index (χ4v) is 2.98. The quantitative estimate of drug-likeness (QED) is 0.748. The molecule has 0 saturated carbocycles. The molecule has 5 nitrogen and oxygen atoms in total. The van der Waals surface area contributed by atoms with Gasteiger partial charge >= 0.3 is 0 Å². The maximum Gasteiger partial charge on any atom is 0.224 e. The molecule has 2 heterocycles. The SMILES string of the molecule is COCCC(=O)N1CC[C@@]2(CCCO2)[C@@H](OC)C1. The molecule has 104 valence electrons. The van der Waals surface area contributed by atoms with Crippen LogP contribution < -0.4 is 0 Å². The molecule has 5 heteroatoms. The lowest BCUT2D eigenvalue weighted by molar-refractivity contribution is -0.159. The zero-order valence-electron chi connectivity index (χ0n) is 11.3. The summed E-state index contributed by atoms with van der Waals surface area (Å²) >= 11 is 0. The molecular weight excluding hydrogens is 234 g/mol. The van der Waals surface area contributed by atoms with Crippen LogP contribution >= 0.6 is 0 Å². The molecule has 0 bridgehead atoms. The van der Waals surface area contributed by atoms with E-state index in [9.17, 15) is 4.79 Å². The Kier molecular flexibility index (Phi) is 4.59. The van der Waals surface area contributed by atoms with E-state index in [2.05, 4.69) is 0 Å². The molecule has 2 fully saturated rings. The Hall–Kier alpha value is -0.650. The van der Waals surface area contributed by atoms with E-state index in [4.69, 9.17) is 14.2 Å². The first-order valence-electron chi connectivity index (χ1n) is 6.65. The van der Waals surface area contributed by atoms with E-state index >= 15 is 0 Å². The van der Waals surface area contributed by atoms with Gasteiger partial charge in [0, 0.05) is 33.9 Å². The summed E-state index contributed by atoms with van der Waals surface area (Å²) in [5.41, 5.74) is -0.146. The Balaban J connectivity index is 1.93. The molecule has 0 aromatic rings. The number of amides is 1. The van der Waals surface area contributed by atoms with Crippen LogP contribution in [-0.2, 0) is 19.0 Å². The van der Waals surface area contributed by atoms with Crippen molar-refractivity contribution in [2.24, 2.45) is 0 Å². The van der Waals surface area contributed by atoms with Gasteiger partial charge in [0.05, 0.1) is 18.6 Å². The van der Waals surface area contributed by atoms with E-state index in [1.54, 1.807) is 14.2 Å². The van der Waals surface area contributed by atoms with Crippen molar-refractivity contribution in [1.82, 2.24) is 4.90 Å². The molecule has 0 aliphatic carbocycles. The highest BCUT2D eigenvalue weighted by molar-refractivity contribution is 5.76. The van der Waals surface area contributed by atoms with Crippen LogP contribution in [0.3, 0.4) is 0 Å². The second-order valence-electron chi connectivity index (χ2n) is 5.07. The molecule has 2 rings (SSSR count). The lowest BCUT2D eigenvalue weighted by Gasteiger charge is -2.44. The topological polar surface area (TPSA) is 48.0 Å². The van der Waals surface area contributed by atoms with E-state index in [0.717, 1.165) is 32.4 Å². The third kappa shape index (κ3) is 2.68. The van der Waals surface area contributed by atoms with E-state index in [-0.39, 0.29) is 17.6 Å². The zero-order chi connectivity index (χ0) is 13.0. The molecule has 1 amide bonds. The normalized spacial score (nSPS) is 32.1. The minimum atomic E-state index is -0.146. The zero-order valence-corrected chi connectivity index (χ0v) is 11.3. The first kappa shape index (κ1) is 13.8. The molecule has 0 radical (unpaired) electrons. The number of nitrogens with zero attached hydrogens (tertiary/aromatic N) is 1. The second-order valence-corrected chi connectivity index (χ2v) is 5.07. The largest absolute Gasteiger partial charge is 0.384 e. The standard InChI is InChI=1S/C13H23NO4/c1-16-9-4-12(15)14-7-6-13(5-3-8-18-13)11(10-14)17-2/h11H,3-10H2,1-2H3/t11-,13-/m0/s1. The summed E-state index contributed by atoms with van der Waals surface area (Å²) in [7, 11) is 3.32. The van der Waals surface area contributed by atoms with Gasteiger partial charge in [0.15, 0.2) is 0 Å². The van der Waals surface area contributed by atoms with Crippen molar-refractivity contribution in [3.8, 4) is 0 Å². The number of ether oxygens (including phenoxy) is 3. The highest BCUT2D eigenvalue weighted by Gasteiger charge is 2.47. The lowest BCUT2D eigenvalue weighted by Crippen LogP contribution is -2.57. The Morgan fingerprint density at radius 1 is 1.44 bits per heavy atom. The van der Waals surface area contributed by atoms with Gasteiger partial charge in [-0.15, -0.1) is 0 Å². The lowest BCUT2D eigenvalue weighted by atomic mass is 9.85. The van der Waals surface area contributed by atoms with E-state index in [1.165, 1.54) is 0 Å². The summed E-state index contributed by atoms with van der Waals surface area (Å²) in [6, 6.07) is 0. The van der Waals surface area contributed by atoms with Crippen LogP contribution in [0.2, 0.25) is 0 Å². The Labute approximate surface area is 108 Å². The van der Waals surface area contributed by atoms with Crippen LogP contribution in [0.15, 0.2) is 0 Å². The minimum absolute atomic E-state index is 0.000227. The Bertz CT molecular complexity index is 289. The van der Waals surface area contributed by atoms with Gasteiger partial charge in [-0.25, -0.2) is 0 Å². The van der Waals surface area contributed by atoms with Crippen LogP contribution in [-0.4, -0.2) is 63.0 Å². The van der Waals surface area contributed by atoms with Crippen molar-refractivity contribution in [1.29, 1.82) is 0 Å². The highest BCUT2D eigenvalue weighted by Crippen LogP contribution is 2.37. The molecule has 2 saturated heterocycles. The molecule has 2 atom stereocenters. The van der Waals surface area contributed by atoms with Crippen molar-refractivity contribution in [2.75, 3.05) is 40.5 Å². The van der Waals surface area contributed by atoms with Crippen LogP contribution in [0.25, 0.3) is 0 Å². The van der Waals surface area contributed by atoms with Crippen LogP contribution in [0, 0.1) is 0 Å². The summed E-state index contributed by atoms with van der Waals surface area (Å²) in [4.78, 5) is 13.8. The number of likely N-dealkylation sites (tertiary alicyclic amines) is 1. The third-order valence-electron chi connectivity index (χ3n) is 4.07. The van der Waals surface area contributed by atoms with Gasteiger partial charge < -0.3 is 19.1 Å². The van der Waals surface area contributed by atoms with E-state index in [1.807, 2.05) is 4.90 Å². The van der Waals surface area contributed by atoms with Gasteiger partial charge in [0.25, 0.3) is 0 Å². The summed E-state index contributed by atoms with van der Waals surface area (Å²) in [6.07, 6.45) is 3.47. The van der Waals surface area contributed by atoms with E-state index in [0.29, 0.717) is 19.6 Å². The van der Waals surface area contributed by atoms with Crippen molar-refractivity contribution in [2.45, 2.75) is 37.4 Å². The maximum atomic E-state index is 12.0. The summed E-state index contributed by atoms with van der Waals surface area (Å²) in [5.74, 6) is 0.145. The number of piperidine rings is 1. The summed E-state index contributed by atoms with van der Waals surface area (Å²) < 4.78 is 16.4. The molecule has 0 N–H and O–H groups in total. The molecule has 1 spiro atoms. The highest BCUT2D eigenvalue weighted by atomic mass is 16.5. The minimum Gasteiger partial charge on any atom is -0.384 e. The molecular formula is C13H23NO4. The number of carbonyl (C=O) groups is 1. The number of methoxy groups -OCH3 is 2. The third-order valence-corrected chi connectivity index (χ3v) is 4.07. The van der Waals surface area contributed by atoms with Crippen LogP contribution in [0.5, 0.6) is 0 Å². The number of hydrogen-bond acceptors (Lipinski definition) is 4. The second kappa shape index (κ2) is 5.99. The predicted octanol–water partition coefficient (Wildman–Crippen LogP) is 0.819. The average molecular weight is 257 g/mol. The molecule has 18 heavy (non-hydrogen) atoms. The van der Waals surface area contributed by atoms with Crippen molar-refractivity contribution >= 4 is 5.91 Å². The number of rotatable bonds is 4. The summed E-state index contributed by atoms with van der Waals surface area (Å²) in [5, 5.41) is 0. The molecule has 0 aromatic heterocycles. The van der Waals surface area contributed by atoms with Gasteiger partial charge in [-0.1, -0.05) is 0 Å². The van der Waals surface area contributed by atoms with Gasteiger partial charge in [0.2, 0.25) is 5.91 Å². The average Bonchev–Trinajstić information content (AvgIpc) is 2.85. The Morgan fingerprint density at radius 2 is 2.28 bits per heavy atom. The van der Waals surface area contributed by atoms with Gasteiger partial charge in [-0.05, 0) is 19.3 Å². The van der Waals surface area contributed by atoms with E-state index < -0.39 is 0 Å². The van der Waals surface area contributed by atoms with Gasteiger partial charge in [0.1, 0.15) is 6.10 Å². The monoisotopic (exact) mass is 257 g/mol. The van der Waals surface area contributed by atoms with Crippen molar-refractivity contribution < 1.29 is 19.0 Å². The molecule has 2 aliphatic rings. The Morgan fingerprint density at radius 3 is 2.89 bits per heavy atom. The first-order valence-corrected chi connectivity index (χ1v) is 6.65. The van der Waals surface area contributed by atoms with Crippen molar-refractivity contribution in [3.63, 3.8) is 0 Å². The molecule has 2 aliphatic heterocycles. The van der Waals surface area contributed by atoms with Crippen LogP contribution in [0.1, 0.15) is 25.7 Å². The maximum absolute atomic E-state index is 12.0. The number of carbonyl (C=O) groups excluding carboxylic acids is 1. The van der Waals surface area contributed by atoms with Crippen LogP contribution in [0.4, 0.5) is 0 Å². The molecule has 0 unspecified atom stereocenters. The first-order chi connectivity index (χ1) is 8.72. The fourth-order valence-electron chi connectivity index (χ4n) is 2.98. The van der Waals surface area contributed by atoms with Crippen molar-refractivity contribution in [3.05, 3.63) is 0 Å². The smallest absolute Gasteiger partial charge is 0.224 e. The number of hydrogen-bond donors (Lipinski definition) is 0. The van der Waals surface area contributed by atoms with Gasteiger partial charge in [-0.2, -0.15) is 0 Å². The molecule has 0 aromatic carbocycles. The fraction of sp³-hybridized carbons (Fsp3) is 0.923. The van der Waals surface area contributed by atoms with Gasteiger partial charge in [-0.3, -0.25) is 4.79 Å². The summed E-state index contributed by atoms with van der Waals surface area (Å²) in [6.45, 7) is 2.70. The predicted molar refractivity (Wildman–Crippen MR) is 66.4 cm³/mol.